The smallest absolute Gasteiger partial charge is 0.350 e. The van der Waals surface area contributed by atoms with Crippen LogP contribution < -0.4 is 14.4 Å². The molecular weight excluding hydrogens is 472 g/mol. The Hall–Kier alpha value is -4.18. The quantitative estimate of drug-likeness (QED) is 0.238. The highest BCUT2D eigenvalue weighted by molar-refractivity contribution is 7.17. The normalized spacial score (nSPS) is 16.9. The first-order valence-corrected chi connectivity index (χ1v) is 11.3. The van der Waals surface area contributed by atoms with Gasteiger partial charge in [0.25, 0.3) is 5.78 Å². The van der Waals surface area contributed by atoms with E-state index in [1.165, 1.54) is 26.2 Å². The number of hydrogen-bond acceptors (Lipinski definition) is 9. The van der Waals surface area contributed by atoms with Crippen LogP contribution in [0.4, 0.5) is 5.13 Å². The van der Waals surface area contributed by atoms with Gasteiger partial charge in [-0.2, -0.15) is 0 Å². The number of methoxy groups -OCH3 is 3. The number of aromatic nitrogens is 1. The third kappa shape index (κ3) is 4.24. The lowest BCUT2D eigenvalue weighted by atomic mass is 9.95. The fraction of sp³-hybridized carbons (Fsp3) is 0.200. The van der Waals surface area contributed by atoms with Crippen molar-refractivity contribution in [1.29, 1.82) is 0 Å². The van der Waals surface area contributed by atoms with E-state index < -0.39 is 23.7 Å². The number of anilines is 1. The van der Waals surface area contributed by atoms with Gasteiger partial charge in [-0.15, -0.1) is 0 Å². The van der Waals surface area contributed by atoms with Crippen molar-refractivity contribution in [3.8, 4) is 11.5 Å². The number of rotatable bonds is 6. The molecule has 1 aromatic heterocycles. The van der Waals surface area contributed by atoms with E-state index in [-0.39, 0.29) is 21.3 Å². The van der Waals surface area contributed by atoms with Crippen LogP contribution in [0.25, 0.3) is 5.76 Å². The van der Waals surface area contributed by atoms with E-state index >= 15 is 0 Å². The van der Waals surface area contributed by atoms with Crippen LogP contribution in [-0.2, 0) is 14.3 Å². The number of nitrogens with zero attached hydrogens (tertiary/aromatic N) is 2. The molecule has 2 heterocycles. The van der Waals surface area contributed by atoms with Gasteiger partial charge in [0.2, 0.25) is 0 Å². The number of thiazole rings is 1. The van der Waals surface area contributed by atoms with Crippen LogP contribution in [0, 0.1) is 6.92 Å². The molecule has 35 heavy (non-hydrogen) atoms. The lowest BCUT2D eigenvalue weighted by Gasteiger charge is -2.23. The van der Waals surface area contributed by atoms with Crippen LogP contribution in [-0.4, -0.2) is 49.1 Å². The van der Waals surface area contributed by atoms with Gasteiger partial charge in [-0.05, 0) is 48.9 Å². The monoisotopic (exact) mass is 494 g/mol. The summed E-state index contributed by atoms with van der Waals surface area (Å²) in [7, 11) is 4.29. The summed E-state index contributed by atoms with van der Waals surface area (Å²) in [5, 5.41) is 11.3. The summed E-state index contributed by atoms with van der Waals surface area (Å²) >= 11 is 0.938. The maximum atomic E-state index is 13.3. The molecule has 1 aliphatic rings. The van der Waals surface area contributed by atoms with Gasteiger partial charge in [0, 0.05) is 5.56 Å². The highest BCUT2D eigenvalue weighted by atomic mass is 32.1. The van der Waals surface area contributed by atoms with E-state index in [2.05, 4.69) is 4.98 Å². The highest BCUT2D eigenvalue weighted by Crippen LogP contribution is 2.44. The summed E-state index contributed by atoms with van der Waals surface area (Å²) in [5.41, 5.74) is 1.15. The van der Waals surface area contributed by atoms with E-state index in [4.69, 9.17) is 14.2 Å². The number of ether oxygens (including phenoxy) is 3. The van der Waals surface area contributed by atoms with Crippen LogP contribution in [0.1, 0.15) is 32.5 Å². The van der Waals surface area contributed by atoms with Gasteiger partial charge in [-0.25, -0.2) is 9.78 Å². The summed E-state index contributed by atoms with van der Waals surface area (Å²) in [4.78, 5) is 44.4. The number of esters is 1. The zero-order valence-corrected chi connectivity index (χ0v) is 20.2. The first-order chi connectivity index (χ1) is 16.8. The molecule has 180 valence electrons. The Morgan fingerprint density at radius 3 is 2.09 bits per heavy atom. The number of Topliss-reactive ketones (excluding diaryl/α,β-unsaturated/α-hetero) is 1. The first-order valence-electron chi connectivity index (χ1n) is 10.5. The summed E-state index contributed by atoms with van der Waals surface area (Å²) < 4.78 is 15.2. The number of hydrogen-bond donors (Lipinski definition) is 1. The molecule has 9 nitrogen and oxygen atoms in total. The number of amides is 1. The molecule has 0 saturated carbocycles. The van der Waals surface area contributed by atoms with Gasteiger partial charge in [0.05, 0.1) is 38.6 Å². The second-order valence-corrected chi connectivity index (χ2v) is 8.55. The van der Waals surface area contributed by atoms with E-state index in [1.807, 2.05) is 0 Å². The predicted octanol–water partition coefficient (Wildman–Crippen LogP) is 3.88. The van der Waals surface area contributed by atoms with Crippen LogP contribution in [0.15, 0.2) is 54.1 Å². The molecule has 1 N–H and O–H groups in total. The Labute approximate surface area is 205 Å². The van der Waals surface area contributed by atoms with Gasteiger partial charge in [0.15, 0.2) is 5.13 Å². The zero-order valence-electron chi connectivity index (χ0n) is 19.4. The molecule has 1 aliphatic heterocycles. The maximum Gasteiger partial charge on any atom is 0.350 e. The number of aryl methyl sites for hydroxylation is 1. The Morgan fingerprint density at radius 1 is 0.971 bits per heavy atom. The van der Waals surface area contributed by atoms with Crippen molar-refractivity contribution in [2.75, 3.05) is 26.2 Å². The van der Waals surface area contributed by atoms with Gasteiger partial charge >= 0.3 is 11.9 Å². The van der Waals surface area contributed by atoms with Crippen LogP contribution in [0.3, 0.4) is 0 Å². The van der Waals surface area contributed by atoms with Crippen molar-refractivity contribution in [3.63, 3.8) is 0 Å². The minimum Gasteiger partial charge on any atom is -0.507 e. The molecule has 0 bridgehead atoms. The average Bonchev–Trinajstić information content (AvgIpc) is 3.39. The SMILES string of the molecule is COC(=O)c1sc(N2C(=O)C(=O)C(=C(O)c3ccc(OC)cc3)[C@@H]2c2ccc(OC)cc2)nc1C. The van der Waals surface area contributed by atoms with Crippen molar-refractivity contribution < 1.29 is 33.7 Å². The predicted molar refractivity (Wildman–Crippen MR) is 129 cm³/mol. The molecule has 4 rings (SSSR count). The van der Waals surface area contributed by atoms with Gasteiger partial charge in [0.1, 0.15) is 22.1 Å². The van der Waals surface area contributed by atoms with Crippen molar-refractivity contribution in [2.24, 2.45) is 0 Å². The Kier molecular flexibility index (Phi) is 6.57. The van der Waals surface area contributed by atoms with Gasteiger partial charge in [-0.1, -0.05) is 23.5 Å². The van der Waals surface area contributed by atoms with E-state index in [0.29, 0.717) is 28.3 Å². The topological polar surface area (TPSA) is 115 Å². The molecule has 1 atom stereocenters. The van der Waals surface area contributed by atoms with E-state index in [9.17, 15) is 19.5 Å². The second kappa shape index (κ2) is 9.59. The number of carbonyl (C=O) groups is 3. The lowest BCUT2D eigenvalue weighted by Crippen LogP contribution is -2.29. The number of carbonyl (C=O) groups excluding carboxylic acids is 3. The molecular formula is C25H22N2O7S. The van der Waals surface area contributed by atoms with Crippen molar-refractivity contribution >= 4 is 39.9 Å². The van der Waals surface area contributed by atoms with Crippen molar-refractivity contribution in [1.82, 2.24) is 4.98 Å². The summed E-state index contributed by atoms with van der Waals surface area (Å²) in [6, 6.07) is 12.3. The molecule has 0 aliphatic carbocycles. The molecule has 0 spiro atoms. The summed E-state index contributed by atoms with van der Waals surface area (Å²) in [5.74, 6) is -1.52. The fourth-order valence-electron chi connectivity index (χ4n) is 3.80. The fourth-order valence-corrected chi connectivity index (χ4v) is 4.81. The minimum absolute atomic E-state index is 0.0993. The minimum atomic E-state index is -0.987. The maximum absolute atomic E-state index is 13.3. The number of aliphatic hydroxyl groups is 1. The summed E-state index contributed by atoms with van der Waals surface area (Å²) in [6.07, 6.45) is 0. The molecule has 0 radical (unpaired) electrons. The number of aliphatic hydroxyl groups excluding tert-OH is 1. The van der Waals surface area contributed by atoms with Gasteiger partial charge < -0.3 is 19.3 Å². The largest absolute Gasteiger partial charge is 0.507 e. The molecule has 1 amide bonds. The summed E-state index contributed by atoms with van der Waals surface area (Å²) in [6.45, 7) is 1.61. The van der Waals surface area contributed by atoms with E-state index in [1.54, 1.807) is 55.5 Å². The molecule has 10 heteroatoms. The molecule has 0 unspecified atom stereocenters. The second-order valence-electron chi connectivity index (χ2n) is 7.57. The third-order valence-electron chi connectivity index (χ3n) is 5.60. The Balaban J connectivity index is 1.91. The third-order valence-corrected chi connectivity index (χ3v) is 6.74. The molecule has 2 aromatic carbocycles. The van der Waals surface area contributed by atoms with E-state index in [0.717, 1.165) is 11.3 Å². The first kappa shape index (κ1) is 24.0. The number of benzene rings is 2. The van der Waals surface area contributed by atoms with Crippen LogP contribution in [0.2, 0.25) is 0 Å². The van der Waals surface area contributed by atoms with Gasteiger partial charge in [-0.3, -0.25) is 14.5 Å². The van der Waals surface area contributed by atoms with Crippen LogP contribution >= 0.6 is 11.3 Å². The Morgan fingerprint density at radius 2 is 1.54 bits per heavy atom. The Bertz CT molecular complexity index is 1330. The zero-order chi connectivity index (χ0) is 25.3. The molecule has 1 fully saturated rings. The standard InChI is InChI=1S/C25H22N2O7S/c1-13-22(24(31)34-4)35-25(26-13)27-19(14-5-9-16(32-2)10-6-14)18(21(29)23(27)30)20(28)15-7-11-17(33-3)12-8-15/h5-12,19,28H,1-4H3/t19-/m0/s1. The van der Waals surface area contributed by atoms with Crippen LogP contribution in [0.5, 0.6) is 11.5 Å². The molecule has 1 saturated heterocycles. The number of ketones is 1. The molecule has 3 aromatic rings. The van der Waals surface area contributed by atoms with Crippen molar-refractivity contribution in [2.45, 2.75) is 13.0 Å². The van der Waals surface area contributed by atoms with Crippen molar-refractivity contribution in [3.05, 3.63) is 75.8 Å². The highest BCUT2D eigenvalue weighted by Gasteiger charge is 2.48. The average molecular weight is 495 g/mol. The lowest BCUT2D eigenvalue weighted by molar-refractivity contribution is -0.132.